The van der Waals surface area contributed by atoms with E-state index >= 15 is 0 Å². The van der Waals surface area contributed by atoms with Crippen LogP contribution in [-0.4, -0.2) is 17.9 Å². The van der Waals surface area contributed by atoms with Gasteiger partial charge in [0.2, 0.25) is 0 Å². The molecular formula is C16H16N2O2S. The summed E-state index contributed by atoms with van der Waals surface area (Å²) in [5.74, 6) is 0.220. The number of fused-ring (bicyclic) bond motifs is 1. The number of carbonyl (C=O) groups is 1. The highest BCUT2D eigenvalue weighted by atomic mass is 32.1. The van der Waals surface area contributed by atoms with Crippen LogP contribution in [-0.2, 0) is 0 Å². The van der Waals surface area contributed by atoms with Crippen molar-refractivity contribution in [1.82, 2.24) is 4.98 Å². The molecule has 0 atom stereocenters. The highest BCUT2D eigenvalue weighted by molar-refractivity contribution is 7.13. The van der Waals surface area contributed by atoms with Gasteiger partial charge in [0.15, 0.2) is 10.9 Å². The van der Waals surface area contributed by atoms with Gasteiger partial charge in [-0.25, -0.2) is 4.98 Å². The average molecular weight is 300 g/mol. The Morgan fingerprint density at radius 3 is 2.57 bits per heavy atom. The Morgan fingerprint density at radius 2 is 1.95 bits per heavy atom. The molecule has 0 aliphatic carbocycles. The molecule has 4 nitrogen and oxygen atoms in total. The summed E-state index contributed by atoms with van der Waals surface area (Å²) >= 11 is 1.43. The van der Waals surface area contributed by atoms with Crippen molar-refractivity contribution in [3.8, 4) is 0 Å². The highest BCUT2D eigenvalue weighted by Gasteiger charge is 2.24. The van der Waals surface area contributed by atoms with Crippen molar-refractivity contribution in [2.24, 2.45) is 0 Å². The van der Waals surface area contributed by atoms with Crippen LogP contribution in [0.4, 0.5) is 5.13 Å². The molecule has 0 saturated carbocycles. The van der Waals surface area contributed by atoms with Gasteiger partial charge >= 0.3 is 0 Å². The van der Waals surface area contributed by atoms with E-state index in [1.807, 2.05) is 32.2 Å². The lowest BCUT2D eigenvalue weighted by Gasteiger charge is -2.12. The minimum Gasteiger partial charge on any atom is -0.450 e. The second kappa shape index (κ2) is 5.00. The Morgan fingerprint density at radius 1 is 1.24 bits per heavy atom. The van der Waals surface area contributed by atoms with Gasteiger partial charge in [0.1, 0.15) is 5.58 Å². The fourth-order valence-corrected chi connectivity index (χ4v) is 3.11. The molecule has 3 rings (SSSR count). The van der Waals surface area contributed by atoms with Gasteiger partial charge in [0.05, 0.1) is 0 Å². The highest BCUT2D eigenvalue weighted by Crippen LogP contribution is 2.32. The van der Waals surface area contributed by atoms with E-state index in [4.69, 9.17) is 4.42 Å². The number of anilines is 1. The summed E-state index contributed by atoms with van der Waals surface area (Å²) in [5.41, 5.74) is 3.84. The molecule has 1 amide bonds. The van der Waals surface area contributed by atoms with Crippen LogP contribution in [0.2, 0.25) is 0 Å². The quantitative estimate of drug-likeness (QED) is 0.716. The van der Waals surface area contributed by atoms with Crippen LogP contribution in [0.3, 0.4) is 0 Å². The number of benzene rings is 1. The van der Waals surface area contributed by atoms with Crippen LogP contribution in [0.15, 0.2) is 28.1 Å². The van der Waals surface area contributed by atoms with E-state index in [1.54, 1.807) is 13.2 Å². The summed E-state index contributed by atoms with van der Waals surface area (Å²) in [4.78, 5) is 18.3. The van der Waals surface area contributed by atoms with Gasteiger partial charge in [-0.3, -0.25) is 9.69 Å². The van der Waals surface area contributed by atoms with Crippen molar-refractivity contribution in [2.75, 3.05) is 11.9 Å². The second-order valence-electron chi connectivity index (χ2n) is 5.14. The first kappa shape index (κ1) is 13.8. The normalized spacial score (nSPS) is 11.0. The summed E-state index contributed by atoms with van der Waals surface area (Å²) in [5, 5.41) is 3.54. The minimum atomic E-state index is -0.169. The Labute approximate surface area is 127 Å². The number of nitrogens with zero attached hydrogens (tertiary/aromatic N) is 2. The van der Waals surface area contributed by atoms with Crippen molar-refractivity contribution in [2.45, 2.75) is 20.8 Å². The first-order valence-electron chi connectivity index (χ1n) is 6.67. The monoisotopic (exact) mass is 300 g/mol. The van der Waals surface area contributed by atoms with Crippen LogP contribution >= 0.6 is 11.3 Å². The van der Waals surface area contributed by atoms with Crippen LogP contribution in [0.1, 0.15) is 27.2 Å². The Hall–Kier alpha value is -2.14. The third-order valence-electron chi connectivity index (χ3n) is 3.69. The zero-order valence-corrected chi connectivity index (χ0v) is 13.2. The number of thiazole rings is 1. The van der Waals surface area contributed by atoms with Gasteiger partial charge < -0.3 is 4.42 Å². The molecule has 2 heterocycles. The average Bonchev–Trinajstić information content (AvgIpc) is 3.10. The van der Waals surface area contributed by atoms with E-state index in [0.29, 0.717) is 10.9 Å². The molecule has 3 aromatic rings. The van der Waals surface area contributed by atoms with Gasteiger partial charge in [-0.05, 0) is 31.9 Å². The van der Waals surface area contributed by atoms with Gasteiger partial charge in [-0.15, -0.1) is 11.3 Å². The third-order valence-corrected chi connectivity index (χ3v) is 4.54. The molecule has 5 heteroatoms. The first-order valence-corrected chi connectivity index (χ1v) is 7.55. The first-order chi connectivity index (χ1) is 10.0. The molecule has 2 aromatic heterocycles. The zero-order chi connectivity index (χ0) is 15.1. The maximum Gasteiger partial charge on any atom is 0.295 e. The van der Waals surface area contributed by atoms with E-state index in [-0.39, 0.29) is 5.91 Å². The van der Waals surface area contributed by atoms with E-state index in [1.165, 1.54) is 16.2 Å². The fraction of sp³-hybridized carbons (Fsp3) is 0.250. The van der Waals surface area contributed by atoms with E-state index in [0.717, 1.165) is 27.7 Å². The Kier molecular flexibility index (Phi) is 3.29. The van der Waals surface area contributed by atoms with Crippen molar-refractivity contribution < 1.29 is 9.21 Å². The minimum absolute atomic E-state index is 0.169. The summed E-state index contributed by atoms with van der Waals surface area (Å²) in [6, 6.07) is 4.07. The topological polar surface area (TPSA) is 46.3 Å². The van der Waals surface area contributed by atoms with Crippen molar-refractivity contribution in [3.05, 3.63) is 46.2 Å². The molecule has 0 spiro atoms. The number of carbonyl (C=O) groups excluding carboxylic acids is 1. The number of hydrogen-bond acceptors (Lipinski definition) is 4. The predicted molar refractivity (Wildman–Crippen MR) is 85.3 cm³/mol. The maximum absolute atomic E-state index is 12.7. The number of hydrogen-bond donors (Lipinski definition) is 0. The number of furan rings is 1. The molecule has 108 valence electrons. The standard InChI is InChI=1S/C16H16N2O2S/c1-9-5-6-10(2)13-12(9)11(3)14(20-13)15(19)18(4)16-17-7-8-21-16/h5-8H,1-4H3. The van der Waals surface area contributed by atoms with Crippen LogP contribution < -0.4 is 4.90 Å². The van der Waals surface area contributed by atoms with Crippen LogP contribution in [0, 0.1) is 20.8 Å². The summed E-state index contributed by atoms with van der Waals surface area (Å²) in [7, 11) is 1.72. The van der Waals surface area contributed by atoms with E-state index in [9.17, 15) is 4.79 Å². The lowest BCUT2D eigenvalue weighted by molar-refractivity contribution is 0.0967. The van der Waals surface area contributed by atoms with Crippen molar-refractivity contribution in [3.63, 3.8) is 0 Å². The van der Waals surface area contributed by atoms with Crippen molar-refractivity contribution in [1.29, 1.82) is 0 Å². The summed E-state index contributed by atoms with van der Waals surface area (Å²) < 4.78 is 5.88. The van der Waals surface area contributed by atoms with Gasteiger partial charge in [0.25, 0.3) is 5.91 Å². The SMILES string of the molecule is Cc1ccc(C)c2c(C)c(C(=O)N(C)c3nccs3)oc12. The zero-order valence-electron chi connectivity index (χ0n) is 12.4. The Balaban J connectivity index is 2.13. The van der Waals surface area contributed by atoms with Gasteiger partial charge in [-0.1, -0.05) is 12.1 Å². The number of amides is 1. The van der Waals surface area contributed by atoms with Crippen LogP contribution in [0.5, 0.6) is 0 Å². The van der Waals surface area contributed by atoms with E-state index < -0.39 is 0 Å². The van der Waals surface area contributed by atoms with Crippen LogP contribution in [0.25, 0.3) is 11.0 Å². The smallest absolute Gasteiger partial charge is 0.295 e. The lowest BCUT2D eigenvalue weighted by Crippen LogP contribution is -2.26. The molecule has 0 unspecified atom stereocenters. The predicted octanol–water partition coefficient (Wildman–Crippen LogP) is 4.09. The molecular weight excluding hydrogens is 284 g/mol. The molecule has 0 bridgehead atoms. The molecule has 0 radical (unpaired) electrons. The number of rotatable bonds is 2. The Bertz CT molecular complexity index is 819. The number of aryl methyl sites for hydroxylation is 3. The number of aromatic nitrogens is 1. The maximum atomic E-state index is 12.7. The largest absolute Gasteiger partial charge is 0.450 e. The molecule has 0 aliphatic heterocycles. The van der Waals surface area contributed by atoms with Crippen molar-refractivity contribution >= 4 is 33.3 Å². The third kappa shape index (κ3) is 2.14. The molecule has 0 saturated heterocycles. The van der Waals surface area contributed by atoms with Gasteiger partial charge in [0, 0.05) is 29.6 Å². The lowest BCUT2D eigenvalue weighted by atomic mass is 10.0. The molecule has 0 N–H and O–H groups in total. The molecule has 0 fully saturated rings. The molecule has 0 aliphatic rings. The van der Waals surface area contributed by atoms with Gasteiger partial charge in [-0.2, -0.15) is 0 Å². The molecule has 1 aromatic carbocycles. The van der Waals surface area contributed by atoms with E-state index in [2.05, 4.69) is 11.1 Å². The second-order valence-corrected chi connectivity index (χ2v) is 6.01. The molecule has 21 heavy (non-hydrogen) atoms. The summed E-state index contributed by atoms with van der Waals surface area (Å²) in [6.07, 6.45) is 1.68. The summed E-state index contributed by atoms with van der Waals surface area (Å²) in [6.45, 7) is 5.95. The fourth-order valence-electron chi connectivity index (χ4n) is 2.50.